The smallest absolute Gasteiger partial charge is 0.254 e. The summed E-state index contributed by atoms with van der Waals surface area (Å²) in [5, 5.41) is 4.15. The van der Waals surface area contributed by atoms with Crippen molar-refractivity contribution in [2.45, 2.75) is 0 Å². The molecule has 1 aliphatic rings. The van der Waals surface area contributed by atoms with Crippen LogP contribution in [-0.4, -0.2) is 56.7 Å². The third-order valence-corrected chi connectivity index (χ3v) is 4.43. The number of rotatable bonds is 3. The van der Waals surface area contributed by atoms with Crippen LogP contribution in [0.15, 0.2) is 49.1 Å². The van der Waals surface area contributed by atoms with Crippen molar-refractivity contribution in [1.82, 2.24) is 24.6 Å². The summed E-state index contributed by atoms with van der Waals surface area (Å²) in [4.78, 5) is 24.7. The number of hydrogen-bond donors (Lipinski definition) is 0. The van der Waals surface area contributed by atoms with Gasteiger partial charge in [0, 0.05) is 50.2 Å². The van der Waals surface area contributed by atoms with Crippen molar-refractivity contribution in [3.8, 4) is 5.82 Å². The molecule has 0 saturated carbocycles. The molecular weight excluding hydrogens is 354 g/mol. The molecule has 0 bridgehead atoms. The van der Waals surface area contributed by atoms with E-state index in [1.165, 1.54) is 12.4 Å². The standard InChI is InChI=1S/C18H16F2N6O/c19-14-3-2-13(10-15(14)20)18(27)25-8-6-24(7-9-25)16-11-17(22-12-21-16)26-5-1-4-23-26/h1-5,10-12H,6-9H2. The van der Waals surface area contributed by atoms with E-state index in [0.717, 1.165) is 18.0 Å². The Morgan fingerprint density at radius 3 is 2.44 bits per heavy atom. The second kappa shape index (κ2) is 7.10. The number of carbonyl (C=O) groups is 1. The molecule has 9 heteroatoms. The summed E-state index contributed by atoms with van der Waals surface area (Å²) in [5.74, 6) is -0.895. The first-order valence-corrected chi connectivity index (χ1v) is 8.43. The van der Waals surface area contributed by atoms with Crippen LogP contribution in [0.2, 0.25) is 0 Å². The molecule has 1 amide bonds. The molecule has 7 nitrogen and oxygen atoms in total. The summed E-state index contributed by atoms with van der Waals surface area (Å²) in [6.45, 7) is 2.06. The topological polar surface area (TPSA) is 67.2 Å². The second-order valence-corrected chi connectivity index (χ2v) is 6.09. The lowest BCUT2D eigenvalue weighted by atomic mass is 10.1. The van der Waals surface area contributed by atoms with Gasteiger partial charge in [0.25, 0.3) is 5.91 Å². The van der Waals surface area contributed by atoms with E-state index in [9.17, 15) is 13.6 Å². The van der Waals surface area contributed by atoms with E-state index in [-0.39, 0.29) is 11.5 Å². The highest BCUT2D eigenvalue weighted by Gasteiger charge is 2.24. The first kappa shape index (κ1) is 17.1. The zero-order valence-electron chi connectivity index (χ0n) is 14.3. The van der Waals surface area contributed by atoms with Gasteiger partial charge in [-0.3, -0.25) is 4.79 Å². The highest BCUT2D eigenvalue weighted by Crippen LogP contribution is 2.17. The van der Waals surface area contributed by atoms with Crippen LogP contribution in [0.5, 0.6) is 0 Å². The minimum absolute atomic E-state index is 0.144. The zero-order chi connectivity index (χ0) is 18.8. The summed E-state index contributed by atoms with van der Waals surface area (Å²) in [6.07, 6.45) is 4.94. The fraction of sp³-hybridized carbons (Fsp3) is 0.222. The third-order valence-electron chi connectivity index (χ3n) is 4.43. The molecule has 0 spiro atoms. The van der Waals surface area contributed by atoms with Crippen molar-refractivity contribution in [1.29, 1.82) is 0 Å². The molecule has 3 aromatic rings. The second-order valence-electron chi connectivity index (χ2n) is 6.09. The number of hydrogen-bond acceptors (Lipinski definition) is 5. The molecule has 0 N–H and O–H groups in total. The first-order valence-electron chi connectivity index (χ1n) is 8.43. The molecule has 0 aliphatic carbocycles. The van der Waals surface area contributed by atoms with Crippen molar-refractivity contribution in [3.05, 3.63) is 66.3 Å². The number of nitrogens with zero attached hydrogens (tertiary/aromatic N) is 6. The lowest BCUT2D eigenvalue weighted by molar-refractivity contribution is 0.0746. The van der Waals surface area contributed by atoms with E-state index in [0.29, 0.717) is 32.0 Å². The molecular formula is C18H16F2N6O. The van der Waals surface area contributed by atoms with Crippen molar-refractivity contribution >= 4 is 11.7 Å². The van der Waals surface area contributed by atoms with Gasteiger partial charge in [-0.05, 0) is 24.3 Å². The number of amides is 1. The Labute approximate surface area is 153 Å². The Balaban J connectivity index is 1.44. The number of piperazine rings is 1. The highest BCUT2D eigenvalue weighted by atomic mass is 19.2. The molecule has 1 fully saturated rings. The lowest BCUT2D eigenvalue weighted by Gasteiger charge is -2.35. The van der Waals surface area contributed by atoms with Gasteiger partial charge < -0.3 is 9.80 Å². The first-order chi connectivity index (χ1) is 13.1. The Morgan fingerprint density at radius 2 is 1.74 bits per heavy atom. The van der Waals surface area contributed by atoms with E-state index >= 15 is 0 Å². The summed E-state index contributed by atoms with van der Waals surface area (Å²) in [5.41, 5.74) is 0.144. The quantitative estimate of drug-likeness (QED) is 0.705. The lowest BCUT2D eigenvalue weighted by Crippen LogP contribution is -2.49. The van der Waals surface area contributed by atoms with Crippen molar-refractivity contribution in [2.75, 3.05) is 31.1 Å². The largest absolute Gasteiger partial charge is 0.353 e. The molecule has 1 saturated heterocycles. The van der Waals surface area contributed by atoms with Crippen LogP contribution < -0.4 is 4.90 Å². The van der Waals surface area contributed by atoms with Gasteiger partial charge in [-0.25, -0.2) is 23.4 Å². The van der Waals surface area contributed by atoms with Crippen molar-refractivity contribution in [2.24, 2.45) is 0 Å². The molecule has 3 heterocycles. The predicted octanol–water partition coefficient (Wildman–Crippen LogP) is 1.90. The number of halogens is 2. The number of carbonyl (C=O) groups excluding carboxylic acids is 1. The maximum Gasteiger partial charge on any atom is 0.254 e. The van der Waals surface area contributed by atoms with Gasteiger partial charge in [0.2, 0.25) is 0 Å². The molecule has 0 radical (unpaired) electrons. The van der Waals surface area contributed by atoms with Crippen LogP contribution in [0.1, 0.15) is 10.4 Å². The summed E-state index contributed by atoms with van der Waals surface area (Å²) in [6, 6.07) is 6.85. The summed E-state index contributed by atoms with van der Waals surface area (Å²) < 4.78 is 28.1. The SMILES string of the molecule is O=C(c1ccc(F)c(F)c1)N1CCN(c2cc(-n3cccn3)ncn2)CC1. The summed E-state index contributed by atoms with van der Waals surface area (Å²) >= 11 is 0. The van der Waals surface area contributed by atoms with Crippen LogP contribution in [-0.2, 0) is 0 Å². The van der Waals surface area contributed by atoms with Gasteiger partial charge in [-0.15, -0.1) is 0 Å². The Bertz CT molecular complexity index is 954. The fourth-order valence-corrected chi connectivity index (χ4v) is 2.99. The number of benzene rings is 1. The maximum absolute atomic E-state index is 13.4. The van der Waals surface area contributed by atoms with E-state index in [4.69, 9.17) is 0 Å². The van der Waals surface area contributed by atoms with Gasteiger partial charge >= 0.3 is 0 Å². The average Bonchev–Trinajstić information content (AvgIpc) is 3.25. The van der Waals surface area contributed by atoms with Crippen LogP contribution in [0, 0.1) is 11.6 Å². The Hall–Kier alpha value is -3.36. The van der Waals surface area contributed by atoms with E-state index in [2.05, 4.69) is 15.1 Å². The van der Waals surface area contributed by atoms with Crippen LogP contribution >= 0.6 is 0 Å². The highest BCUT2D eigenvalue weighted by molar-refractivity contribution is 5.94. The molecule has 2 aromatic heterocycles. The van der Waals surface area contributed by atoms with Gasteiger partial charge in [-0.2, -0.15) is 5.10 Å². The number of anilines is 1. The molecule has 138 valence electrons. The normalized spacial score (nSPS) is 14.4. The minimum Gasteiger partial charge on any atom is -0.353 e. The zero-order valence-corrected chi connectivity index (χ0v) is 14.3. The van der Waals surface area contributed by atoms with E-state index < -0.39 is 11.6 Å². The molecule has 1 aliphatic heterocycles. The molecule has 4 rings (SSSR count). The predicted molar refractivity (Wildman–Crippen MR) is 93.6 cm³/mol. The van der Waals surface area contributed by atoms with Crippen molar-refractivity contribution < 1.29 is 13.6 Å². The third kappa shape index (κ3) is 3.48. The van der Waals surface area contributed by atoms with Crippen LogP contribution in [0.25, 0.3) is 5.82 Å². The Kier molecular flexibility index (Phi) is 4.49. The van der Waals surface area contributed by atoms with E-state index in [1.807, 2.05) is 17.0 Å². The summed E-state index contributed by atoms with van der Waals surface area (Å²) in [7, 11) is 0. The fourth-order valence-electron chi connectivity index (χ4n) is 2.99. The number of aromatic nitrogens is 4. The Morgan fingerprint density at radius 1 is 0.963 bits per heavy atom. The van der Waals surface area contributed by atoms with Gasteiger partial charge in [0.15, 0.2) is 17.5 Å². The van der Waals surface area contributed by atoms with E-state index in [1.54, 1.807) is 22.0 Å². The molecule has 0 atom stereocenters. The van der Waals surface area contributed by atoms with Gasteiger partial charge in [-0.1, -0.05) is 0 Å². The van der Waals surface area contributed by atoms with Crippen LogP contribution in [0.3, 0.4) is 0 Å². The van der Waals surface area contributed by atoms with Crippen LogP contribution in [0.4, 0.5) is 14.6 Å². The molecule has 27 heavy (non-hydrogen) atoms. The molecule has 0 unspecified atom stereocenters. The average molecular weight is 370 g/mol. The minimum atomic E-state index is -1.02. The maximum atomic E-state index is 13.4. The molecule has 1 aromatic carbocycles. The van der Waals surface area contributed by atoms with Gasteiger partial charge in [0.05, 0.1) is 0 Å². The monoisotopic (exact) mass is 370 g/mol. The van der Waals surface area contributed by atoms with Crippen molar-refractivity contribution in [3.63, 3.8) is 0 Å². The van der Waals surface area contributed by atoms with Gasteiger partial charge in [0.1, 0.15) is 12.1 Å².